The van der Waals surface area contributed by atoms with Crippen molar-refractivity contribution < 1.29 is 19.1 Å². The molecule has 110 valence electrons. The first-order valence-electron chi connectivity index (χ1n) is 6.73. The van der Waals surface area contributed by atoms with Crippen LogP contribution in [0.2, 0.25) is 0 Å². The van der Waals surface area contributed by atoms with Crippen molar-refractivity contribution in [3.8, 4) is 0 Å². The number of benzene rings is 1. The standard InChI is InChI=1S/C15H20FNO3/c1-11(15(19)20)3-2-10-17-14(18)9-6-12-4-7-13(16)8-5-12/h4-5,7-8,11H,2-3,6,9-10H2,1H3,(H,17,18)(H,19,20). The minimum atomic E-state index is -0.812. The summed E-state index contributed by atoms with van der Waals surface area (Å²) in [6, 6.07) is 6.08. The molecule has 1 atom stereocenters. The maximum Gasteiger partial charge on any atom is 0.306 e. The zero-order chi connectivity index (χ0) is 15.0. The van der Waals surface area contributed by atoms with Crippen LogP contribution in [0.3, 0.4) is 0 Å². The molecule has 0 bridgehead atoms. The highest BCUT2D eigenvalue weighted by Gasteiger charge is 2.10. The number of aryl methyl sites for hydroxylation is 1. The molecule has 1 unspecified atom stereocenters. The quantitative estimate of drug-likeness (QED) is 0.719. The summed E-state index contributed by atoms with van der Waals surface area (Å²) in [4.78, 5) is 22.2. The van der Waals surface area contributed by atoms with E-state index in [1.165, 1.54) is 12.1 Å². The molecule has 0 radical (unpaired) electrons. The number of aliphatic carboxylic acids is 1. The van der Waals surface area contributed by atoms with Crippen molar-refractivity contribution in [2.45, 2.75) is 32.6 Å². The van der Waals surface area contributed by atoms with E-state index in [4.69, 9.17) is 5.11 Å². The molecule has 1 aromatic carbocycles. The molecule has 0 aromatic heterocycles. The lowest BCUT2D eigenvalue weighted by molar-refractivity contribution is -0.141. The topological polar surface area (TPSA) is 66.4 Å². The number of hydrogen-bond donors (Lipinski definition) is 2. The van der Waals surface area contributed by atoms with Gasteiger partial charge in [0.25, 0.3) is 0 Å². The van der Waals surface area contributed by atoms with Crippen LogP contribution in [0.1, 0.15) is 31.7 Å². The van der Waals surface area contributed by atoms with Crippen LogP contribution in [0.5, 0.6) is 0 Å². The molecule has 20 heavy (non-hydrogen) atoms. The highest BCUT2D eigenvalue weighted by molar-refractivity contribution is 5.76. The van der Waals surface area contributed by atoms with E-state index < -0.39 is 5.97 Å². The van der Waals surface area contributed by atoms with Crippen LogP contribution in [-0.2, 0) is 16.0 Å². The minimum Gasteiger partial charge on any atom is -0.481 e. The highest BCUT2D eigenvalue weighted by Crippen LogP contribution is 2.06. The molecule has 5 heteroatoms. The Morgan fingerprint density at radius 1 is 1.30 bits per heavy atom. The summed E-state index contributed by atoms with van der Waals surface area (Å²) in [5.74, 6) is -1.55. The van der Waals surface area contributed by atoms with Crippen LogP contribution >= 0.6 is 0 Å². The molecule has 0 saturated carbocycles. The minimum absolute atomic E-state index is 0.0719. The van der Waals surface area contributed by atoms with Crippen molar-refractivity contribution in [1.29, 1.82) is 0 Å². The molecule has 0 saturated heterocycles. The first-order valence-corrected chi connectivity index (χ1v) is 6.73. The fraction of sp³-hybridized carbons (Fsp3) is 0.467. The molecular formula is C15H20FNO3. The SMILES string of the molecule is CC(CCCNC(=O)CCc1ccc(F)cc1)C(=O)O. The lowest BCUT2D eigenvalue weighted by Crippen LogP contribution is -2.25. The third-order valence-corrected chi connectivity index (χ3v) is 3.11. The smallest absolute Gasteiger partial charge is 0.306 e. The monoisotopic (exact) mass is 281 g/mol. The Labute approximate surface area is 118 Å². The average Bonchev–Trinajstić information content (AvgIpc) is 2.42. The van der Waals surface area contributed by atoms with Gasteiger partial charge in [0.05, 0.1) is 5.92 Å². The van der Waals surface area contributed by atoms with E-state index in [2.05, 4.69) is 5.32 Å². The molecule has 0 aliphatic heterocycles. The van der Waals surface area contributed by atoms with E-state index in [-0.39, 0.29) is 17.6 Å². The Bertz CT molecular complexity index is 445. The van der Waals surface area contributed by atoms with Gasteiger partial charge in [0.2, 0.25) is 5.91 Å². The maximum absolute atomic E-state index is 12.7. The first-order chi connectivity index (χ1) is 9.49. The molecule has 1 aromatic rings. The predicted molar refractivity (Wildman–Crippen MR) is 73.8 cm³/mol. The van der Waals surface area contributed by atoms with Gasteiger partial charge < -0.3 is 10.4 Å². The summed E-state index contributed by atoms with van der Waals surface area (Å²) in [6.07, 6.45) is 2.11. The third kappa shape index (κ3) is 6.31. The maximum atomic E-state index is 12.7. The van der Waals surface area contributed by atoms with Crippen LogP contribution in [0.4, 0.5) is 4.39 Å². The van der Waals surface area contributed by atoms with Crippen LogP contribution in [0.15, 0.2) is 24.3 Å². The van der Waals surface area contributed by atoms with E-state index >= 15 is 0 Å². The lowest BCUT2D eigenvalue weighted by Gasteiger charge is -2.07. The number of carbonyl (C=O) groups excluding carboxylic acids is 1. The summed E-state index contributed by atoms with van der Waals surface area (Å²) in [6.45, 7) is 2.14. The van der Waals surface area contributed by atoms with Gasteiger partial charge in [-0.1, -0.05) is 19.1 Å². The first kappa shape index (κ1) is 16.1. The van der Waals surface area contributed by atoms with Gasteiger partial charge in [-0.05, 0) is 37.0 Å². The molecule has 0 aliphatic carbocycles. The van der Waals surface area contributed by atoms with Crippen LogP contribution < -0.4 is 5.32 Å². The Morgan fingerprint density at radius 2 is 1.95 bits per heavy atom. The second-order valence-corrected chi connectivity index (χ2v) is 4.86. The van der Waals surface area contributed by atoms with Gasteiger partial charge in [0, 0.05) is 13.0 Å². The van der Waals surface area contributed by atoms with Crippen LogP contribution in [-0.4, -0.2) is 23.5 Å². The molecule has 1 amide bonds. The van der Waals surface area contributed by atoms with Gasteiger partial charge in [-0.15, -0.1) is 0 Å². The Balaban J connectivity index is 2.14. The number of nitrogens with one attached hydrogen (secondary N) is 1. The predicted octanol–water partition coefficient (Wildman–Crippen LogP) is 2.38. The zero-order valence-electron chi connectivity index (χ0n) is 11.6. The normalized spacial score (nSPS) is 11.9. The summed E-state index contributed by atoms with van der Waals surface area (Å²) in [7, 11) is 0. The molecular weight excluding hydrogens is 261 g/mol. The molecule has 4 nitrogen and oxygen atoms in total. The second kappa shape index (κ2) is 8.30. The number of amides is 1. The van der Waals surface area contributed by atoms with Crippen LogP contribution in [0, 0.1) is 11.7 Å². The average molecular weight is 281 g/mol. The summed E-state index contributed by atoms with van der Waals surface area (Å²) in [5, 5.41) is 11.5. The van der Waals surface area contributed by atoms with E-state index in [9.17, 15) is 14.0 Å². The molecule has 0 fully saturated rings. The fourth-order valence-electron chi connectivity index (χ4n) is 1.76. The number of rotatable bonds is 8. The third-order valence-electron chi connectivity index (χ3n) is 3.11. The largest absolute Gasteiger partial charge is 0.481 e. The van der Waals surface area contributed by atoms with Crippen molar-refractivity contribution in [2.75, 3.05) is 6.54 Å². The number of carboxylic acid groups (broad SMARTS) is 1. The lowest BCUT2D eigenvalue weighted by atomic mass is 10.1. The van der Waals surface area contributed by atoms with Gasteiger partial charge in [-0.3, -0.25) is 9.59 Å². The van der Waals surface area contributed by atoms with Gasteiger partial charge in [0.1, 0.15) is 5.82 Å². The number of halogens is 1. The number of carbonyl (C=O) groups is 2. The summed E-state index contributed by atoms with van der Waals surface area (Å²) < 4.78 is 12.7. The number of hydrogen-bond acceptors (Lipinski definition) is 2. The highest BCUT2D eigenvalue weighted by atomic mass is 19.1. The van der Waals surface area contributed by atoms with Gasteiger partial charge in [0.15, 0.2) is 0 Å². The van der Waals surface area contributed by atoms with E-state index in [0.717, 1.165) is 5.56 Å². The van der Waals surface area contributed by atoms with Crippen molar-refractivity contribution in [1.82, 2.24) is 5.32 Å². The second-order valence-electron chi connectivity index (χ2n) is 4.86. The van der Waals surface area contributed by atoms with E-state index in [1.54, 1.807) is 19.1 Å². The summed E-state index contributed by atoms with van der Waals surface area (Å²) >= 11 is 0. The molecule has 0 aliphatic rings. The molecule has 0 spiro atoms. The summed E-state index contributed by atoms with van der Waals surface area (Å²) in [5.41, 5.74) is 0.918. The molecule has 0 heterocycles. The Hall–Kier alpha value is -1.91. The van der Waals surface area contributed by atoms with E-state index in [0.29, 0.717) is 32.2 Å². The van der Waals surface area contributed by atoms with Crippen molar-refractivity contribution >= 4 is 11.9 Å². The number of carboxylic acids is 1. The van der Waals surface area contributed by atoms with Crippen molar-refractivity contribution in [3.63, 3.8) is 0 Å². The van der Waals surface area contributed by atoms with Gasteiger partial charge in [-0.25, -0.2) is 4.39 Å². The van der Waals surface area contributed by atoms with E-state index in [1.807, 2.05) is 0 Å². The van der Waals surface area contributed by atoms with Gasteiger partial charge in [-0.2, -0.15) is 0 Å². The van der Waals surface area contributed by atoms with Crippen LogP contribution in [0.25, 0.3) is 0 Å². The van der Waals surface area contributed by atoms with Crippen molar-refractivity contribution in [3.05, 3.63) is 35.6 Å². The molecule has 2 N–H and O–H groups in total. The zero-order valence-corrected chi connectivity index (χ0v) is 11.6. The molecule has 1 rings (SSSR count). The fourth-order valence-corrected chi connectivity index (χ4v) is 1.76. The van der Waals surface area contributed by atoms with Gasteiger partial charge >= 0.3 is 5.97 Å². The Kier molecular flexibility index (Phi) is 6.70. The van der Waals surface area contributed by atoms with Crippen molar-refractivity contribution in [2.24, 2.45) is 5.92 Å². The Morgan fingerprint density at radius 3 is 2.55 bits per heavy atom.